The van der Waals surface area contributed by atoms with Crippen molar-refractivity contribution in [1.29, 1.82) is 0 Å². The van der Waals surface area contributed by atoms with E-state index in [-0.39, 0.29) is 6.10 Å². The van der Waals surface area contributed by atoms with Gasteiger partial charge in [-0.15, -0.1) is 0 Å². The molecule has 0 bridgehead atoms. The molecule has 2 fully saturated rings. The summed E-state index contributed by atoms with van der Waals surface area (Å²) in [6, 6.07) is 0. The van der Waals surface area contributed by atoms with Crippen molar-refractivity contribution in [2.75, 3.05) is 45.5 Å². The summed E-state index contributed by atoms with van der Waals surface area (Å²) in [4.78, 5) is 0. The van der Waals surface area contributed by atoms with Gasteiger partial charge in [0.15, 0.2) is 6.10 Å². The van der Waals surface area contributed by atoms with E-state index in [1.54, 1.807) is 0 Å². The Hall–Kier alpha value is -0.170. The summed E-state index contributed by atoms with van der Waals surface area (Å²) >= 11 is 0. The minimum Gasteiger partial charge on any atom is -0.382 e. The highest BCUT2D eigenvalue weighted by Gasteiger charge is 2.46. The minimum absolute atomic E-state index is 0.167. The van der Waals surface area contributed by atoms with E-state index in [1.165, 1.54) is 10.6 Å². The fourth-order valence-electron chi connectivity index (χ4n) is 2.41. The van der Waals surface area contributed by atoms with E-state index in [0.29, 0.717) is 13.1 Å². The Morgan fingerprint density at radius 1 is 1.29 bits per heavy atom. The first-order valence-electron chi connectivity index (χ1n) is 4.90. The van der Waals surface area contributed by atoms with Crippen molar-refractivity contribution < 1.29 is 18.0 Å². The molecule has 0 aromatic carbocycles. The Morgan fingerprint density at radius 2 is 1.79 bits per heavy atom. The van der Waals surface area contributed by atoms with Crippen molar-refractivity contribution in [2.24, 2.45) is 0 Å². The molecule has 0 saturated carbocycles. The zero-order valence-corrected chi connectivity index (χ0v) is 9.20. The number of hydrogen-bond acceptors (Lipinski definition) is 3. The van der Waals surface area contributed by atoms with Crippen molar-refractivity contribution in [2.45, 2.75) is 6.10 Å². The van der Waals surface area contributed by atoms with Crippen LogP contribution in [0.1, 0.15) is 0 Å². The van der Waals surface area contributed by atoms with Crippen molar-refractivity contribution >= 4 is 10.0 Å². The molecule has 2 saturated heterocycles. The molecule has 2 aliphatic rings. The number of hydrogen-bond donors (Lipinski definition) is 1. The molecule has 6 heteroatoms. The lowest BCUT2D eigenvalue weighted by atomic mass is 10.1. The van der Waals surface area contributed by atoms with Crippen LogP contribution in [0.3, 0.4) is 0 Å². The molecule has 0 aromatic rings. The monoisotopic (exact) mass is 221 g/mol. The number of quaternary nitrogens is 1. The second-order valence-electron chi connectivity index (χ2n) is 4.47. The maximum Gasteiger partial charge on any atom is 0.211 e. The maximum atomic E-state index is 11.2. The standard InChI is InChI=1S/C8H17N2O3S/c1-14(12,13)9-2-4-10(5-3-9)6-8(11)7-10/h8,11H,2-7H2,1H3/q+1. The zero-order chi connectivity index (χ0) is 10.4. The van der Waals surface area contributed by atoms with E-state index in [2.05, 4.69) is 0 Å². The van der Waals surface area contributed by atoms with Gasteiger partial charge in [-0.05, 0) is 0 Å². The van der Waals surface area contributed by atoms with Gasteiger partial charge in [-0.2, -0.15) is 4.31 Å². The lowest BCUT2D eigenvalue weighted by Crippen LogP contribution is -2.72. The van der Waals surface area contributed by atoms with Gasteiger partial charge in [0.25, 0.3) is 0 Å². The van der Waals surface area contributed by atoms with E-state index < -0.39 is 10.0 Å². The third kappa shape index (κ3) is 1.79. The van der Waals surface area contributed by atoms with Crippen molar-refractivity contribution in [1.82, 2.24) is 4.31 Å². The third-order valence-corrected chi connectivity index (χ3v) is 4.62. The highest BCUT2D eigenvalue weighted by atomic mass is 32.2. The Balaban J connectivity index is 1.93. The number of rotatable bonds is 1. The molecule has 0 unspecified atom stereocenters. The van der Waals surface area contributed by atoms with E-state index in [1.807, 2.05) is 0 Å². The zero-order valence-electron chi connectivity index (χ0n) is 8.39. The Bertz CT molecular complexity index is 311. The van der Waals surface area contributed by atoms with Gasteiger partial charge in [0.05, 0.1) is 32.4 Å². The van der Waals surface area contributed by atoms with Crippen molar-refractivity contribution in [3.05, 3.63) is 0 Å². The molecular weight excluding hydrogens is 204 g/mol. The second kappa shape index (κ2) is 3.16. The summed E-state index contributed by atoms with van der Waals surface area (Å²) in [6.07, 6.45) is 1.09. The molecule has 0 aromatic heterocycles. The first-order valence-corrected chi connectivity index (χ1v) is 6.74. The highest BCUT2D eigenvalue weighted by molar-refractivity contribution is 7.88. The number of piperazine rings is 1. The van der Waals surface area contributed by atoms with Crippen LogP contribution in [-0.4, -0.2) is 73.9 Å². The van der Waals surface area contributed by atoms with Gasteiger partial charge in [0.2, 0.25) is 10.0 Å². The molecule has 82 valence electrons. The van der Waals surface area contributed by atoms with Crippen LogP contribution in [0.15, 0.2) is 0 Å². The Morgan fingerprint density at radius 3 is 2.14 bits per heavy atom. The molecule has 1 spiro atoms. The normalized spacial score (nSPS) is 29.0. The number of sulfonamides is 1. The smallest absolute Gasteiger partial charge is 0.211 e. The maximum absolute atomic E-state index is 11.2. The first kappa shape index (κ1) is 10.4. The van der Waals surface area contributed by atoms with E-state index in [9.17, 15) is 13.5 Å². The Labute approximate surface area is 84.6 Å². The summed E-state index contributed by atoms with van der Waals surface area (Å²) < 4.78 is 24.9. The summed E-state index contributed by atoms with van der Waals surface area (Å²) in [7, 11) is -3.01. The summed E-state index contributed by atoms with van der Waals surface area (Å²) in [5, 5.41) is 9.24. The average Bonchev–Trinajstić information content (AvgIpc) is 2.01. The van der Waals surface area contributed by atoms with Gasteiger partial charge in [0.1, 0.15) is 13.1 Å². The molecular formula is C8H17N2O3S+. The fraction of sp³-hybridized carbons (Fsp3) is 1.00. The quantitative estimate of drug-likeness (QED) is 0.546. The Kier molecular flexibility index (Phi) is 2.34. The van der Waals surface area contributed by atoms with Gasteiger partial charge in [-0.25, -0.2) is 8.42 Å². The van der Waals surface area contributed by atoms with Crippen LogP contribution in [0.2, 0.25) is 0 Å². The molecule has 2 heterocycles. The average molecular weight is 221 g/mol. The number of aliphatic hydroxyl groups excluding tert-OH is 1. The van der Waals surface area contributed by atoms with Gasteiger partial charge >= 0.3 is 0 Å². The predicted molar refractivity (Wildman–Crippen MR) is 52.2 cm³/mol. The van der Waals surface area contributed by atoms with Crippen molar-refractivity contribution in [3.8, 4) is 0 Å². The van der Waals surface area contributed by atoms with Gasteiger partial charge in [-0.3, -0.25) is 0 Å². The number of nitrogens with zero attached hydrogens (tertiary/aromatic N) is 2. The van der Waals surface area contributed by atoms with E-state index in [4.69, 9.17) is 0 Å². The van der Waals surface area contributed by atoms with Crippen LogP contribution in [0, 0.1) is 0 Å². The molecule has 5 nitrogen and oxygen atoms in total. The SMILES string of the molecule is CS(=O)(=O)N1CC[N+]2(CC1)CC(O)C2. The molecule has 0 aliphatic carbocycles. The number of aliphatic hydroxyl groups is 1. The molecule has 2 aliphatic heterocycles. The second-order valence-corrected chi connectivity index (χ2v) is 6.45. The highest BCUT2D eigenvalue weighted by Crippen LogP contribution is 2.23. The van der Waals surface area contributed by atoms with Crippen LogP contribution in [0.25, 0.3) is 0 Å². The van der Waals surface area contributed by atoms with Crippen LogP contribution < -0.4 is 0 Å². The van der Waals surface area contributed by atoms with Gasteiger partial charge in [-0.1, -0.05) is 0 Å². The van der Waals surface area contributed by atoms with Gasteiger partial charge < -0.3 is 9.59 Å². The first-order chi connectivity index (χ1) is 6.41. The van der Waals surface area contributed by atoms with Crippen molar-refractivity contribution in [3.63, 3.8) is 0 Å². The van der Waals surface area contributed by atoms with Gasteiger partial charge in [0, 0.05) is 0 Å². The molecule has 1 N–H and O–H groups in total. The summed E-state index contributed by atoms with van der Waals surface area (Å²) in [5.74, 6) is 0. The predicted octanol–water partition coefficient (Wildman–Crippen LogP) is -1.55. The lowest BCUT2D eigenvalue weighted by molar-refractivity contribution is -0.974. The lowest BCUT2D eigenvalue weighted by Gasteiger charge is -2.52. The molecule has 14 heavy (non-hydrogen) atoms. The fourth-order valence-corrected chi connectivity index (χ4v) is 3.23. The summed E-state index contributed by atoms with van der Waals surface area (Å²) in [6.45, 7) is 4.51. The largest absolute Gasteiger partial charge is 0.382 e. The van der Waals surface area contributed by atoms with Crippen LogP contribution in [-0.2, 0) is 10.0 Å². The van der Waals surface area contributed by atoms with E-state index >= 15 is 0 Å². The van der Waals surface area contributed by atoms with Crippen LogP contribution in [0.5, 0.6) is 0 Å². The van der Waals surface area contributed by atoms with Crippen LogP contribution >= 0.6 is 0 Å². The topological polar surface area (TPSA) is 57.6 Å². The molecule has 0 radical (unpaired) electrons. The third-order valence-electron chi connectivity index (χ3n) is 3.31. The molecule has 0 amide bonds. The minimum atomic E-state index is -3.01. The van der Waals surface area contributed by atoms with E-state index in [0.717, 1.165) is 30.7 Å². The van der Waals surface area contributed by atoms with Crippen LogP contribution in [0.4, 0.5) is 0 Å². The summed E-state index contributed by atoms with van der Waals surface area (Å²) in [5.41, 5.74) is 0. The molecule has 2 rings (SSSR count). The molecule has 0 atom stereocenters.